The second-order valence-electron chi connectivity index (χ2n) is 4.53. The van der Waals surface area contributed by atoms with Gasteiger partial charge in [-0.25, -0.2) is 9.97 Å². The number of nitrogens with zero attached hydrogens (tertiary/aromatic N) is 3. The fraction of sp³-hybridized carbons (Fsp3) is 0.286. The first-order chi connectivity index (χ1) is 9.74. The van der Waals surface area contributed by atoms with Crippen LogP contribution in [0.25, 0.3) is 21.7 Å². The second kappa shape index (κ2) is 5.32. The van der Waals surface area contributed by atoms with Gasteiger partial charge in [0, 0.05) is 13.1 Å². The molecule has 1 aromatic carbocycles. The maximum absolute atomic E-state index is 9.31. The first-order valence-electron chi connectivity index (χ1n) is 6.47. The lowest BCUT2D eigenvalue weighted by Crippen LogP contribution is -2.03. The third-order valence-electron chi connectivity index (χ3n) is 3.20. The van der Waals surface area contributed by atoms with Crippen LogP contribution < -0.4 is 5.73 Å². The summed E-state index contributed by atoms with van der Waals surface area (Å²) in [5.74, 6) is 0.856. The van der Waals surface area contributed by atoms with E-state index >= 15 is 0 Å². The number of benzene rings is 1. The summed E-state index contributed by atoms with van der Waals surface area (Å²) in [5.41, 5.74) is 8.55. The van der Waals surface area contributed by atoms with Crippen molar-refractivity contribution in [1.82, 2.24) is 14.5 Å². The highest BCUT2D eigenvalue weighted by Crippen LogP contribution is 2.31. The number of hydrogen-bond acceptors (Lipinski definition) is 5. The van der Waals surface area contributed by atoms with Crippen LogP contribution in [-0.2, 0) is 13.1 Å². The molecule has 0 aliphatic rings. The highest BCUT2D eigenvalue weighted by Gasteiger charge is 2.17. The highest BCUT2D eigenvalue weighted by atomic mass is 32.1. The number of aliphatic hydroxyl groups excluding tert-OH is 1. The van der Waals surface area contributed by atoms with Crippen LogP contribution in [0, 0.1) is 6.92 Å². The molecular formula is C14H16N4OS. The molecule has 2 heterocycles. The Hall–Kier alpha value is -1.76. The molecule has 0 saturated carbocycles. The number of aryl methyl sites for hydroxylation is 1. The summed E-state index contributed by atoms with van der Waals surface area (Å²) in [6.45, 7) is 3.00. The number of para-hydroxylation sites is 2. The summed E-state index contributed by atoms with van der Waals surface area (Å²) < 4.78 is 2.04. The van der Waals surface area contributed by atoms with Crippen molar-refractivity contribution < 1.29 is 5.11 Å². The van der Waals surface area contributed by atoms with Gasteiger partial charge in [-0.15, -0.1) is 11.3 Å². The molecule has 5 nitrogen and oxygen atoms in total. The number of aliphatic hydroxyl groups is 1. The topological polar surface area (TPSA) is 77.0 Å². The summed E-state index contributed by atoms with van der Waals surface area (Å²) >= 11 is 1.57. The van der Waals surface area contributed by atoms with Gasteiger partial charge in [-0.3, -0.25) is 0 Å². The van der Waals surface area contributed by atoms with Gasteiger partial charge in [-0.1, -0.05) is 12.1 Å². The van der Waals surface area contributed by atoms with Crippen molar-refractivity contribution in [2.24, 2.45) is 5.73 Å². The third-order valence-corrected chi connectivity index (χ3v) is 4.37. The number of thiazole rings is 1. The van der Waals surface area contributed by atoms with Crippen LogP contribution in [0.15, 0.2) is 24.3 Å². The fourth-order valence-corrected chi connectivity index (χ4v) is 3.26. The van der Waals surface area contributed by atoms with E-state index in [1.54, 1.807) is 11.3 Å². The molecule has 3 aromatic rings. The lowest BCUT2D eigenvalue weighted by atomic mass is 10.3. The van der Waals surface area contributed by atoms with Gasteiger partial charge in [0.2, 0.25) is 0 Å². The van der Waals surface area contributed by atoms with E-state index in [1.165, 1.54) is 0 Å². The minimum absolute atomic E-state index is 0.0783. The van der Waals surface area contributed by atoms with E-state index in [9.17, 15) is 5.11 Å². The van der Waals surface area contributed by atoms with Gasteiger partial charge in [0.25, 0.3) is 0 Å². The van der Waals surface area contributed by atoms with E-state index in [0.29, 0.717) is 13.1 Å². The molecule has 3 rings (SSSR count). The molecular weight excluding hydrogens is 272 g/mol. The smallest absolute Gasteiger partial charge is 0.153 e. The monoisotopic (exact) mass is 288 g/mol. The van der Waals surface area contributed by atoms with Crippen LogP contribution in [0.1, 0.15) is 10.7 Å². The SMILES string of the molecule is Cc1nc(CN)sc1-c1nc2ccccc2n1CCO. The molecule has 104 valence electrons. The first kappa shape index (κ1) is 13.2. The Kier molecular flexibility index (Phi) is 3.52. The number of hydrogen-bond donors (Lipinski definition) is 2. The fourth-order valence-electron chi connectivity index (χ4n) is 2.32. The summed E-state index contributed by atoms with van der Waals surface area (Å²) in [4.78, 5) is 10.2. The Morgan fingerprint density at radius 1 is 1.30 bits per heavy atom. The molecule has 0 radical (unpaired) electrons. The molecule has 3 N–H and O–H groups in total. The van der Waals surface area contributed by atoms with Gasteiger partial charge < -0.3 is 15.4 Å². The molecule has 0 unspecified atom stereocenters. The zero-order valence-corrected chi connectivity index (χ0v) is 12.0. The van der Waals surface area contributed by atoms with Crippen molar-refractivity contribution in [3.63, 3.8) is 0 Å². The Morgan fingerprint density at radius 2 is 2.10 bits per heavy atom. The number of nitrogens with two attached hydrogens (primary N) is 1. The van der Waals surface area contributed by atoms with Crippen molar-refractivity contribution in [2.45, 2.75) is 20.0 Å². The second-order valence-corrected chi connectivity index (χ2v) is 5.61. The van der Waals surface area contributed by atoms with Crippen LogP contribution in [0.4, 0.5) is 0 Å². The molecule has 2 aromatic heterocycles. The van der Waals surface area contributed by atoms with Crippen molar-refractivity contribution >= 4 is 22.4 Å². The molecule has 6 heteroatoms. The normalized spacial score (nSPS) is 11.3. The van der Waals surface area contributed by atoms with Crippen LogP contribution in [0.5, 0.6) is 0 Å². The number of rotatable bonds is 4. The lowest BCUT2D eigenvalue weighted by molar-refractivity contribution is 0.278. The predicted octanol–water partition coefficient (Wildman–Crippen LogP) is 1.92. The van der Waals surface area contributed by atoms with E-state index < -0.39 is 0 Å². The van der Waals surface area contributed by atoms with Crippen LogP contribution in [-0.4, -0.2) is 26.2 Å². The van der Waals surface area contributed by atoms with Gasteiger partial charge >= 0.3 is 0 Å². The zero-order chi connectivity index (χ0) is 14.1. The molecule has 0 saturated heterocycles. The number of fused-ring (bicyclic) bond motifs is 1. The molecule has 0 aliphatic carbocycles. The third kappa shape index (κ3) is 2.11. The maximum Gasteiger partial charge on any atom is 0.153 e. The highest BCUT2D eigenvalue weighted by molar-refractivity contribution is 7.15. The number of imidazole rings is 1. The summed E-state index contributed by atoms with van der Waals surface area (Å²) in [5, 5.41) is 10.2. The molecule has 0 amide bonds. The molecule has 0 fully saturated rings. The van der Waals surface area contributed by atoms with Crippen LogP contribution in [0.3, 0.4) is 0 Å². The predicted molar refractivity (Wildman–Crippen MR) is 80.6 cm³/mol. The van der Waals surface area contributed by atoms with Gasteiger partial charge in [0.15, 0.2) is 5.82 Å². The summed E-state index contributed by atoms with van der Waals surface area (Å²) in [6.07, 6.45) is 0. The molecule has 0 bridgehead atoms. The molecule has 0 spiro atoms. The van der Waals surface area contributed by atoms with E-state index in [-0.39, 0.29) is 6.61 Å². The standard InChI is InChI=1S/C14H16N4OS/c1-9-13(20-12(8-15)16-9)14-17-10-4-2-3-5-11(10)18(14)6-7-19/h2-5,19H,6-8,15H2,1H3. The van der Waals surface area contributed by atoms with E-state index in [4.69, 9.17) is 10.7 Å². The largest absolute Gasteiger partial charge is 0.395 e. The minimum Gasteiger partial charge on any atom is -0.395 e. The molecule has 0 aliphatic heterocycles. The quantitative estimate of drug-likeness (QED) is 0.769. The van der Waals surface area contributed by atoms with Gasteiger partial charge in [0.1, 0.15) is 5.01 Å². The van der Waals surface area contributed by atoms with Crippen LogP contribution in [0.2, 0.25) is 0 Å². The summed E-state index contributed by atoms with van der Waals surface area (Å²) in [7, 11) is 0. The Morgan fingerprint density at radius 3 is 2.80 bits per heavy atom. The van der Waals surface area contributed by atoms with E-state index in [2.05, 4.69) is 4.98 Å². The van der Waals surface area contributed by atoms with Crippen molar-refractivity contribution in [3.8, 4) is 10.7 Å². The van der Waals surface area contributed by atoms with E-state index in [1.807, 2.05) is 35.8 Å². The zero-order valence-electron chi connectivity index (χ0n) is 11.2. The van der Waals surface area contributed by atoms with Gasteiger partial charge in [0.05, 0.1) is 28.2 Å². The Labute approximate surface area is 120 Å². The molecule has 0 atom stereocenters. The van der Waals surface area contributed by atoms with Crippen LogP contribution >= 0.6 is 11.3 Å². The minimum atomic E-state index is 0.0783. The summed E-state index contributed by atoms with van der Waals surface area (Å²) in [6, 6.07) is 7.94. The Bertz CT molecular complexity index is 747. The van der Waals surface area contributed by atoms with E-state index in [0.717, 1.165) is 32.4 Å². The van der Waals surface area contributed by atoms with Crippen molar-refractivity contribution in [2.75, 3.05) is 6.61 Å². The van der Waals surface area contributed by atoms with Crippen molar-refractivity contribution in [1.29, 1.82) is 0 Å². The average Bonchev–Trinajstić information content (AvgIpc) is 3.00. The maximum atomic E-state index is 9.31. The van der Waals surface area contributed by atoms with Crippen molar-refractivity contribution in [3.05, 3.63) is 35.0 Å². The number of aromatic nitrogens is 3. The average molecular weight is 288 g/mol. The molecule has 20 heavy (non-hydrogen) atoms. The Balaban J connectivity index is 2.23. The van der Waals surface area contributed by atoms with Gasteiger partial charge in [-0.2, -0.15) is 0 Å². The first-order valence-corrected chi connectivity index (χ1v) is 7.29. The lowest BCUT2D eigenvalue weighted by Gasteiger charge is -2.06. The van der Waals surface area contributed by atoms with Gasteiger partial charge in [-0.05, 0) is 19.1 Å².